The zero-order valence-corrected chi connectivity index (χ0v) is 22.6. The maximum Gasteiger partial charge on any atom is 0.255 e. The number of Topliss-reactive ketones (excluding diaryl/α,β-unsaturated/α-hetero) is 2. The highest BCUT2D eigenvalue weighted by Crippen LogP contribution is 2.56. The molecule has 7 N–H and O–H groups in total. The average molecular weight is 528 g/mol. The molecule has 3 aliphatic rings. The summed E-state index contributed by atoms with van der Waals surface area (Å²) < 4.78 is 0. The van der Waals surface area contributed by atoms with Crippen LogP contribution in [0.2, 0.25) is 0 Å². The van der Waals surface area contributed by atoms with Gasteiger partial charge in [0.15, 0.2) is 17.2 Å². The number of carbonyl (C=O) groups is 3. The molecule has 1 aromatic rings. The van der Waals surface area contributed by atoms with Crippen molar-refractivity contribution in [1.82, 2.24) is 10.2 Å². The molecular formula is C28H37N3O7. The summed E-state index contributed by atoms with van der Waals surface area (Å²) in [6.07, 6.45) is -0.750. The number of fused-ring (bicyclic) bond motifs is 3. The first kappa shape index (κ1) is 27.8. The lowest BCUT2D eigenvalue weighted by atomic mass is 9.55. The number of hydrogen-bond acceptors (Lipinski definition) is 9. The highest BCUT2D eigenvalue weighted by molar-refractivity contribution is 6.22. The van der Waals surface area contributed by atoms with Crippen LogP contribution in [0.25, 0.3) is 0 Å². The number of nitrogens with two attached hydrogens (primary N) is 1. The van der Waals surface area contributed by atoms with Gasteiger partial charge >= 0.3 is 0 Å². The Balaban J connectivity index is 2.12. The first-order valence-corrected chi connectivity index (χ1v) is 12.8. The fourth-order valence-corrected chi connectivity index (χ4v) is 6.29. The van der Waals surface area contributed by atoms with Crippen LogP contribution in [0.3, 0.4) is 0 Å². The molecule has 0 fully saturated rings. The van der Waals surface area contributed by atoms with Gasteiger partial charge in [-0.15, -0.1) is 0 Å². The molecule has 1 aromatic carbocycles. The number of phenolic OH excluding ortho intramolecular Hbond substituents is 1. The van der Waals surface area contributed by atoms with Gasteiger partial charge in [0, 0.05) is 18.0 Å². The average Bonchev–Trinajstić information content (AvgIpc) is 2.82. The summed E-state index contributed by atoms with van der Waals surface area (Å²) in [4.78, 5) is 41.3. The van der Waals surface area contributed by atoms with E-state index in [-0.39, 0.29) is 34.5 Å². The van der Waals surface area contributed by atoms with Gasteiger partial charge in [-0.05, 0) is 43.5 Å². The van der Waals surface area contributed by atoms with Gasteiger partial charge < -0.3 is 31.5 Å². The van der Waals surface area contributed by atoms with Gasteiger partial charge in [0.25, 0.3) is 5.91 Å². The van der Waals surface area contributed by atoms with Crippen molar-refractivity contribution in [3.63, 3.8) is 0 Å². The van der Waals surface area contributed by atoms with Gasteiger partial charge in [-0.2, -0.15) is 0 Å². The van der Waals surface area contributed by atoms with Crippen molar-refractivity contribution in [3.05, 3.63) is 51.9 Å². The Morgan fingerprint density at radius 1 is 1.21 bits per heavy atom. The first-order chi connectivity index (χ1) is 17.6. The zero-order valence-electron chi connectivity index (χ0n) is 22.6. The van der Waals surface area contributed by atoms with Crippen molar-refractivity contribution < 1.29 is 34.8 Å². The maximum atomic E-state index is 14.0. The number of ketones is 2. The van der Waals surface area contributed by atoms with E-state index in [0.29, 0.717) is 5.56 Å². The number of nitrogens with one attached hydrogen (secondary N) is 1. The number of rotatable bonds is 6. The third kappa shape index (κ3) is 3.77. The maximum absolute atomic E-state index is 14.0. The largest absolute Gasteiger partial charge is 0.508 e. The summed E-state index contributed by atoms with van der Waals surface area (Å²) in [5.41, 5.74) is 2.36. The van der Waals surface area contributed by atoms with Crippen molar-refractivity contribution in [1.29, 1.82) is 0 Å². The van der Waals surface area contributed by atoms with E-state index < -0.39 is 64.3 Å². The van der Waals surface area contributed by atoms with Crippen LogP contribution in [0.15, 0.2) is 40.8 Å². The molecule has 0 spiro atoms. The van der Waals surface area contributed by atoms with Crippen LogP contribution in [-0.4, -0.2) is 81.2 Å². The molecule has 0 aromatic heterocycles. The molecule has 206 valence electrons. The van der Waals surface area contributed by atoms with Crippen LogP contribution >= 0.6 is 0 Å². The van der Waals surface area contributed by atoms with E-state index in [1.807, 2.05) is 20.8 Å². The van der Waals surface area contributed by atoms with E-state index in [2.05, 4.69) is 5.32 Å². The molecule has 0 saturated heterocycles. The summed E-state index contributed by atoms with van der Waals surface area (Å²) in [6.45, 7) is 8.00. The van der Waals surface area contributed by atoms with Crippen molar-refractivity contribution in [2.45, 2.75) is 57.8 Å². The minimum atomic E-state index is -2.51. The quantitative estimate of drug-likeness (QED) is 0.296. The third-order valence-corrected chi connectivity index (χ3v) is 8.73. The van der Waals surface area contributed by atoms with Gasteiger partial charge in [-0.25, -0.2) is 0 Å². The predicted octanol–water partition coefficient (Wildman–Crippen LogP) is 1.12. The van der Waals surface area contributed by atoms with Crippen LogP contribution < -0.4 is 11.1 Å². The third-order valence-electron chi connectivity index (χ3n) is 8.73. The Kier molecular flexibility index (Phi) is 6.75. The highest BCUT2D eigenvalue weighted by Gasteiger charge is 2.66. The molecule has 4 rings (SSSR count). The van der Waals surface area contributed by atoms with Gasteiger partial charge in [-0.1, -0.05) is 39.8 Å². The Hall–Kier alpha value is -3.21. The topological polar surface area (TPSA) is 173 Å². The standard InChI is InChI=1S/C28H37N3O7/c1-7-27(3,4)11-30-24-17-15(12(2)13-9-8-10-14(32)16(13)21(17)33)22(34)19-20(31(5)6)23(35)18(26(29)37)25(36)28(19,24)38/h8-10,12,15,19-20,22,30,32,34,36,38H,7,11H2,1-6H3,(H2,29,37)/t12-,15?,19?,20-,22-,28-/m0/s1. The van der Waals surface area contributed by atoms with E-state index >= 15 is 0 Å². The molecule has 0 radical (unpaired) electrons. The van der Waals surface area contributed by atoms with Crippen LogP contribution in [0, 0.1) is 17.3 Å². The molecular weight excluding hydrogens is 490 g/mol. The number of primary amides is 1. The molecule has 2 unspecified atom stereocenters. The number of phenols is 1. The Morgan fingerprint density at radius 3 is 2.39 bits per heavy atom. The smallest absolute Gasteiger partial charge is 0.255 e. The fourth-order valence-electron chi connectivity index (χ4n) is 6.29. The predicted molar refractivity (Wildman–Crippen MR) is 139 cm³/mol. The normalized spacial score (nSPS) is 31.2. The Bertz CT molecular complexity index is 1280. The number of nitrogens with zero attached hydrogens (tertiary/aromatic N) is 1. The molecule has 38 heavy (non-hydrogen) atoms. The number of benzene rings is 1. The molecule has 0 bridgehead atoms. The Labute approximate surface area is 221 Å². The lowest BCUT2D eigenvalue weighted by molar-refractivity contribution is -0.146. The van der Waals surface area contributed by atoms with E-state index in [0.717, 1.165) is 6.42 Å². The fraction of sp³-hybridized carbons (Fsp3) is 0.536. The first-order valence-electron chi connectivity index (χ1n) is 12.8. The summed E-state index contributed by atoms with van der Waals surface area (Å²) in [5, 5.41) is 49.4. The van der Waals surface area contributed by atoms with E-state index in [1.54, 1.807) is 33.2 Å². The number of carbonyl (C=O) groups excluding carboxylic acids is 3. The number of aliphatic hydroxyl groups excluding tert-OH is 2. The summed E-state index contributed by atoms with van der Waals surface area (Å²) in [7, 11) is 3.12. The van der Waals surface area contributed by atoms with Crippen LogP contribution in [0.5, 0.6) is 5.75 Å². The van der Waals surface area contributed by atoms with Crippen LogP contribution in [0.1, 0.15) is 56.0 Å². The molecule has 1 amide bonds. The second kappa shape index (κ2) is 9.21. The summed E-state index contributed by atoms with van der Waals surface area (Å²) in [5.74, 6) is -6.63. The minimum Gasteiger partial charge on any atom is -0.508 e. The van der Waals surface area contributed by atoms with E-state index in [4.69, 9.17) is 5.73 Å². The second-order valence-corrected chi connectivity index (χ2v) is 11.7. The Morgan fingerprint density at radius 2 is 1.84 bits per heavy atom. The van der Waals surface area contributed by atoms with Crippen LogP contribution in [-0.2, 0) is 9.59 Å². The van der Waals surface area contributed by atoms with E-state index in [1.165, 1.54) is 11.0 Å². The summed E-state index contributed by atoms with van der Waals surface area (Å²) >= 11 is 0. The van der Waals surface area contributed by atoms with Crippen LogP contribution in [0.4, 0.5) is 0 Å². The number of aromatic hydroxyl groups is 1. The molecule has 6 atom stereocenters. The minimum absolute atomic E-state index is 0.00752. The van der Waals surface area contributed by atoms with Gasteiger partial charge in [0.05, 0.1) is 29.3 Å². The number of amides is 1. The number of hydrogen-bond donors (Lipinski definition) is 6. The number of likely N-dealkylation sites (N-methyl/N-ethyl adjacent to an activating group) is 1. The molecule has 0 heterocycles. The molecule has 0 aliphatic heterocycles. The lowest BCUT2D eigenvalue weighted by Gasteiger charge is -2.55. The van der Waals surface area contributed by atoms with Gasteiger partial charge in [0.1, 0.15) is 17.1 Å². The van der Waals surface area contributed by atoms with Gasteiger partial charge in [-0.3, -0.25) is 19.3 Å². The zero-order chi connectivity index (χ0) is 28.5. The van der Waals surface area contributed by atoms with E-state index in [9.17, 15) is 34.8 Å². The monoisotopic (exact) mass is 527 g/mol. The number of aliphatic hydroxyl groups is 3. The summed E-state index contributed by atoms with van der Waals surface area (Å²) in [6, 6.07) is 3.46. The molecule has 3 aliphatic carbocycles. The lowest BCUT2D eigenvalue weighted by Crippen LogP contribution is -2.69. The van der Waals surface area contributed by atoms with Gasteiger partial charge in [0.2, 0.25) is 0 Å². The SMILES string of the molecule is CCC(C)(C)CNC1=C2C(=O)c3c(O)cccc3[C@H](C)C2[C@H](O)C2[C@H](N(C)C)C(=O)C(C(N)=O)=C(O)[C@@]12O. The van der Waals surface area contributed by atoms with Crippen molar-refractivity contribution in [3.8, 4) is 5.75 Å². The molecule has 10 nitrogen and oxygen atoms in total. The molecule has 0 saturated carbocycles. The highest BCUT2D eigenvalue weighted by atomic mass is 16.3. The van der Waals surface area contributed by atoms with Crippen molar-refractivity contribution >= 4 is 17.5 Å². The molecule has 10 heteroatoms. The van der Waals surface area contributed by atoms with Crippen molar-refractivity contribution in [2.75, 3.05) is 20.6 Å². The second-order valence-electron chi connectivity index (χ2n) is 11.7. The van der Waals surface area contributed by atoms with Crippen molar-refractivity contribution in [2.24, 2.45) is 23.0 Å².